The van der Waals surface area contributed by atoms with E-state index in [0.717, 1.165) is 0 Å². The maximum absolute atomic E-state index is 11.6. The first kappa shape index (κ1) is 82.2. The van der Waals surface area contributed by atoms with Crippen molar-refractivity contribution in [3.05, 3.63) is 0 Å². The highest BCUT2D eigenvalue weighted by Gasteiger charge is 2.59. The lowest BCUT2D eigenvalue weighted by Gasteiger charge is -2.49. The van der Waals surface area contributed by atoms with Crippen molar-refractivity contribution in [3.63, 3.8) is 0 Å². The molecular weight excluding hydrogens is 1380 g/mol. The fourth-order valence-electron chi connectivity index (χ4n) is 12.6. The minimum Gasteiger partial charge on any atom is -0.394 e. The molecular formula is C54H92O46. The third-order valence-corrected chi connectivity index (χ3v) is 18.7. The molecule has 584 valence electrons. The molecule has 9 fully saturated rings. The van der Waals surface area contributed by atoms with E-state index < -0.39 is 336 Å². The lowest BCUT2D eigenvalue weighted by molar-refractivity contribution is -0.407. The molecule has 9 aliphatic heterocycles. The van der Waals surface area contributed by atoms with Gasteiger partial charge in [-0.25, -0.2) is 0 Å². The van der Waals surface area contributed by atoms with Crippen LogP contribution in [0.2, 0.25) is 0 Å². The van der Waals surface area contributed by atoms with E-state index in [0.29, 0.717) is 0 Å². The SMILES string of the molecule is OC[C@H]1O[C@H](OC[C@H]2O[C@H](O[C@@H]3[C@@H](O[C@@H]4[C@@H](OC[C@H]5OC(O)[C@@H](O[C@H]6O[C@H](CO)[C@@H](O)[C@H](O)[C@@H]6O[C@H]6O[C@H](CO)[C@@H](O)[C@H](O)[C@@H]6O[C@H]6O[C@H](CO[C@H]7O[C@H](CO)[C@@H](O)[C@H](O)[C@@H]7O)[C@@H](O)[C@H](O)[C@@H]6O)[C@@H](O)[C@@H]5O)O[C@H](CO)[C@@H](O)[C@@H]4O)O[C@H](CO)[C@@H](O)[C@@H]3O)[C@@H](O)[C@@H](O)[C@@H]2O)[C@@H](O)[C@@H](O)[C@@H]1O. The predicted molar refractivity (Wildman–Crippen MR) is 297 cm³/mol. The van der Waals surface area contributed by atoms with E-state index in [1.54, 1.807) is 0 Å². The second-order valence-electron chi connectivity index (χ2n) is 25.3. The third-order valence-electron chi connectivity index (χ3n) is 18.7. The van der Waals surface area contributed by atoms with Crippen molar-refractivity contribution in [1.29, 1.82) is 0 Å². The van der Waals surface area contributed by atoms with Crippen LogP contribution in [0.4, 0.5) is 0 Å². The van der Waals surface area contributed by atoms with Crippen LogP contribution in [0.15, 0.2) is 0 Å². The lowest BCUT2D eigenvalue weighted by Crippen LogP contribution is -2.68. The van der Waals surface area contributed by atoms with Crippen LogP contribution >= 0.6 is 0 Å². The van der Waals surface area contributed by atoms with E-state index in [1.165, 1.54) is 0 Å². The van der Waals surface area contributed by atoms with E-state index in [-0.39, 0.29) is 0 Å². The van der Waals surface area contributed by atoms with Crippen LogP contribution in [0.25, 0.3) is 0 Å². The standard InChI is InChI=1S/C54H92O46/c55-1-10-19(61)28(70)37(79)47(88-10)84-8-17-25(67)30(72)39(81)49(94-17)97-43-34(76)22(64)14(5-59)92-53(43)99-42-33(75)21(63)12(3-57)90-51(42)86-7-16-27(69)32(74)41(46(83)87-16)96-52-45(36(78)24(66)13(4-58)91-52)100-54-44(35(77)23(65)15(6-60)93-54)98-50-40(82)31(73)26(68)18(95-50)9-85-48-38(80)29(71)20(62)11(2-56)89-48/h10-83H,1-9H2/t10-,11-,12-,13-,14-,15-,16-,17-,18-,19-,20-,21-,22-,23-,24-,25-,26-,27-,28+,29+,30+,31+,32+,33+,34+,35+,36+,37+,38+,39+,40+,41+,42+,43+,44+,45+,46?,47+,48+,49-,50-,51+,52-,53-,54-/m1/s1. The minimum absolute atomic E-state index is 0.859. The van der Waals surface area contributed by atoms with Gasteiger partial charge in [-0.1, -0.05) is 0 Å². The Hall–Kier alpha value is -1.84. The molecule has 46 nitrogen and oxygen atoms in total. The Morgan fingerprint density at radius 1 is 0.170 bits per heavy atom. The normalized spacial score (nSPS) is 53.7. The van der Waals surface area contributed by atoms with Gasteiger partial charge in [0.1, 0.15) is 220 Å². The van der Waals surface area contributed by atoms with Gasteiger partial charge in [0, 0.05) is 0 Å². The fraction of sp³-hybridized carbons (Fsp3) is 1.00. The molecule has 9 rings (SSSR count). The van der Waals surface area contributed by atoms with Gasteiger partial charge in [0.2, 0.25) is 0 Å². The molecule has 0 aromatic rings. The van der Waals surface area contributed by atoms with E-state index in [4.69, 9.17) is 80.5 Å². The largest absolute Gasteiger partial charge is 0.394 e. The smallest absolute Gasteiger partial charge is 0.187 e. The Labute approximate surface area is 563 Å². The average Bonchev–Trinajstić information content (AvgIpc) is 0.774. The van der Waals surface area contributed by atoms with Gasteiger partial charge in [-0.2, -0.15) is 0 Å². The summed E-state index contributed by atoms with van der Waals surface area (Å²) in [5.74, 6) is 0. The summed E-state index contributed by atoms with van der Waals surface area (Å²) in [7, 11) is 0. The van der Waals surface area contributed by atoms with Gasteiger partial charge >= 0.3 is 0 Å². The van der Waals surface area contributed by atoms with Crippen LogP contribution in [0.5, 0.6) is 0 Å². The third kappa shape index (κ3) is 17.2. The van der Waals surface area contributed by atoms with Crippen molar-refractivity contribution < 1.29 is 229 Å². The quantitative estimate of drug-likeness (QED) is 0.0404. The molecule has 1 unspecified atom stereocenters. The lowest BCUT2D eigenvalue weighted by atomic mass is 9.96. The van der Waals surface area contributed by atoms with Crippen molar-refractivity contribution in [2.24, 2.45) is 0 Å². The fourth-order valence-corrected chi connectivity index (χ4v) is 12.6. The molecule has 0 aromatic carbocycles. The van der Waals surface area contributed by atoms with Gasteiger partial charge in [0.05, 0.1) is 59.5 Å². The first-order chi connectivity index (χ1) is 47.4. The molecule has 100 heavy (non-hydrogen) atoms. The van der Waals surface area contributed by atoms with Crippen molar-refractivity contribution in [2.45, 2.75) is 276 Å². The Kier molecular flexibility index (Phi) is 29.2. The van der Waals surface area contributed by atoms with Gasteiger partial charge in [-0.05, 0) is 0 Å². The Bertz CT molecular complexity index is 2450. The second kappa shape index (κ2) is 35.5. The predicted octanol–water partition coefficient (Wildman–Crippen LogP) is -20.6. The zero-order valence-corrected chi connectivity index (χ0v) is 52.3. The second-order valence-corrected chi connectivity index (χ2v) is 25.3. The maximum Gasteiger partial charge on any atom is 0.187 e. The highest BCUT2D eigenvalue weighted by atomic mass is 16.8. The maximum atomic E-state index is 11.6. The van der Waals surface area contributed by atoms with Gasteiger partial charge < -0.3 is 229 Å². The number of aliphatic hydroxyl groups is 29. The van der Waals surface area contributed by atoms with Gasteiger partial charge in [0.15, 0.2) is 56.6 Å². The first-order valence-corrected chi connectivity index (χ1v) is 31.7. The number of rotatable bonds is 25. The Morgan fingerprint density at radius 2 is 0.360 bits per heavy atom. The van der Waals surface area contributed by atoms with Gasteiger partial charge in [-0.15, -0.1) is 0 Å². The van der Waals surface area contributed by atoms with Crippen molar-refractivity contribution in [3.8, 4) is 0 Å². The van der Waals surface area contributed by atoms with Gasteiger partial charge in [0.25, 0.3) is 0 Å². The summed E-state index contributed by atoms with van der Waals surface area (Å²) in [6.07, 6.45) is -92.4. The van der Waals surface area contributed by atoms with E-state index in [2.05, 4.69) is 0 Å². The molecule has 0 radical (unpaired) electrons. The number of hydrogen-bond acceptors (Lipinski definition) is 46. The number of hydrogen-bond donors (Lipinski definition) is 29. The topological polar surface area (TPSA) is 744 Å². The molecule has 0 bridgehead atoms. The molecule has 9 saturated heterocycles. The summed E-state index contributed by atoms with van der Waals surface area (Å²) in [6, 6.07) is 0. The van der Waals surface area contributed by atoms with Crippen molar-refractivity contribution in [2.75, 3.05) is 59.5 Å². The molecule has 9 aliphatic rings. The van der Waals surface area contributed by atoms with Crippen LogP contribution in [0.3, 0.4) is 0 Å². The molecule has 46 heteroatoms. The van der Waals surface area contributed by atoms with Crippen LogP contribution in [0, 0.1) is 0 Å². The summed E-state index contributed by atoms with van der Waals surface area (Å²) in [5, 5.41) is 312. The highest BCUT2D eigenvalue weighted by Crippen LogP contribution is 2.39. The zero-order chi connectivity index (χ0) is 73.4. The highest BCUT2D eigenvalue weighted by molar-refractivity contribution is 5.01. The summed E-state index contributed by atoms with van der Waals surface area (Å²) in [4.78, 5) is 0. The average molecular weight is 1480 g/mol. The molecule has 29 N–H and O–H groups in total. The van der Waals surface area contributed by atoms with E-state index in [9.17, 15) is 148 Å². The monoisotopic (exact) mass is 1480 g/mol. The molecule has 45 atom stereocenters. The molecule has 0 amide bonds. The van der Waals surface area contributed by atoms with Gasteiger partial charge in [-0.3, -0.25) is 0 Å². The molecule has 0 spiro atoms. The summed E-state index contributed by atoms with van der Waals surface area (Å²) < 4.78 is 96.2. The Balaban J connectivity index is 0.880. The molecule has 9 heterocycles. The van der Waals surface area contributed by atoms with Crippen LogP contribution in [-0.4, -0.2) is 484 Å². The number of ether oxygens (including phenoxy) is 17. The molecule has 0 saturated carbocycles. The van der Waals surface area contributed by atoms with E-state index >= 15 is 0 Å². The first-order valence-electron chi connectivity index (χ1n) is 31.7. The van der Waals surface area contributed by atoms with Crippen molar-refractivity contribution >= 4 is 0 Å². The van der Waals surface area contributed by atoms with Crippen LogP contribution in [0.1, 0.15) is 0 Å². The van der Waals surface area contributed by atoms with Crippen LogP contribution < -0.4 is 0 Å². The molecule has 0 aliphatic carbocycles. The van der Waals surface area contributed by atoms with Crippen molar-refractivity contribution in [1.82, 2.24) is 0 Å². The zero-order valence-electron chi connectivity index (χ0n) is 52.3. The van der Waals surface area contributed by atoms with Crippen LogP contribution in [-0.2, 0) is 80.5 Å². The summed E-state index contributed by atoms with van der Waals surface area (Å²) in [6.45, 7) is -8.83. The molecule has 0 aromatic heterocycles. The number of aliphatic hydroxyl groups excluding tert-OH is 29. The summed E-state index contributed by atoms with van der Waals surface area (Å²) >= 11 is 0. The minimum atomic E-state index is -2.44. The Morgan fingerprint density at radius 3 is 0.670 bits per heavy atom. The van der Waals surface area contributed by atoms with E-state index in [1.807, 2.05) is 0 Å². The summed E-state index contributed by atoms with van der Waals surface area (Å²) in [5.41, 5.74) is 0.